The van der Waals surface area contributed by atoms with Gasteiger partial charge in [0.15, 0.2) is 0 Å². The molecule has 5 heteroatoms. The highest BCUT2D eigenvalue weighted by Gasteiger charge is 2.19. The van der Waals surface area contributed by atoms with Gasteiger partial charge in [-0.2, -0.15) is 10.5 Å². The minimum absolute atomic E-state index is 0.0260. The Bertz CT molecular complexity index is 536. The molecule has 0 N–H and O–H groups in total. The normalized spacial score (nSPS) is 9.71. The van der Waals surface area contributed by atoms with Crippen molar-refractivity contribution in [3.63, 3.8) is 0 Å². The maximum Gasteiger partial charge on any atom is 0.274 e. The standard InChI is InChI=1S/C12H11N3O2/c1-8(2)11-5-9(3-4-13)12(15(16)17)6-10(11)7-14/h5-6,8H,3H2,1-2H3. The third-order valence-electron chi connectivity index (χ3n) is 2.46. The molecule has 0 aromatic heterocycles. The molecule has 0 atom stereocenters. The number of nitrogens with zero attached hydrogens (tertiary/aromatic N) is 3. The number of nitro benzene ring substituents is 1. The second-order valence-electron chi connectivity index (χ2n) is 3.93. The van der Waals surface area contributed by atoms with Crippen LogP contribution in [0.4, 0.5) is 5.69 Å². The molecule has 0 spiro atoms. The van der Waals surface area contributed by atoms with Gasteiger partial charge in [0.1, 0.15) is 0 Å². The van der Waals surface area contributed by atoms with Crippen LogP contribution < -0.4 is 0 Å². The fourth-order valence-corrected chi connectivity index (χ4v) is 1.62. The molecule has 86 valence electrons. The highest BCUT2D eigenvalue weighted by Crippen LogP contribution is 2.28. The predicted octanol–water partition coefficient (Wildman–Crippen LogP) is 2.66. The van der Waals surface area contributed by atoms with E-state index in [1.54, 1.807) is 6.07 Å². The fraction of sp³-hybridized carbons (Fsp3) is 0.333. The van der Waals surface area contributed by atoms with Gasteiger partial charge >= 0.3 is 0 Å². The van der Waals surface area contributed by atoms with Crippen LogP contribution in [0, 0.1) is 32.8 Å². The zero-order valence-electron chi connectivity index (χ0n) is 9.60. The van der Waals surface area contributed by atoms with E-state index in [0.717, 1.165) is 5.56 Å². The lowest BCUT2D eigenvalue weighted by molar-refractivity contribution is -0.385. The Balaban J connectivity index is 3.50. The minimum atomic E-state index is -0.558. The van der Waals surface area contributed by atoms with Crippen LogP contribution in [0.3, 0.4) is 0 Å². The largest absolute Gasteiger partial charge is 0.274 e. The van der Waals surface area contributed by atoms with Crippen molar-refractivity contribution in [3.05, 3.63) is 38.9 Å². The summed E-state index contributed by atoms with van der Waals surface area (Å²) in [5.74, 6) is 0.0860. The van der Waals surface area contributed by atoms with E-state index < -0.39 is 4.92 Å². The van der Waals surface area contributed by atoms with Crippen LogP contribution in [0.1, 0.15) is 36.5 Å². The Hall–Kier alpha value is -2.40. The molecule has 1 aromatic rings. The third-order valence-corrected chi connectivity index (χ3v) is 2.46. The average Bonchev–Trinajstić information content (AvgIpc) is 2.28. The molecular formula is C12H11N3O2. The van der Waals surface area contributed by atoms with Crippen LogP contribution in [-0.4, -0.2) is 4.92 Å². The molecule has 0 aliphatic carbocycles. The van der Waals surface area contributed by atoms with Crippen LogP contribution in [0.15, 0.2) is 12.1 Å². The maximum absolute atomic E-state index is 10.8. The predicted molar refractivity (Wildman–Crippen MR) is 61.2 cm³/mol. The van der Waals surface area contributed by atoms with Crippen molar-refractivity contribution in [1.82, 2.24) is 0 Å². The first-order chi connectivity index (χ1) is 8.01. The second kappa shape index (κ2) is 5.09. The average molecular weight is 229 g/mol. The summed E-state index contributed by atoms with van der Waals surface area (Å²) in [5.41, 5.74) is 1.24. The van der Waals surface area contributed by atoms with Crippen molar-refractivity contribution in [1.29, 1.82) is 10.5 Å². The van der Waals surface area contributed by atoms with Gasteiger partial charge in [-0.05, 0) is 17.5 Å². The maximum atomic E-state index is 10.8. The van der Waals surface area contributed by atoms with E-state index in [1.807, 2.05) is 26.0 Å². The lowest BCUT2D eigenvalue weighted by atomic mass is 9.93. The van der Waals surface area contributed by atoms with Crippen LogP contribution in [0.25, 0.3) is 0 Å². The van der Waals surface area contributed by atoms with Crippen LogP contribution in [0.2, 0.25) is 0 Å². The van der Waals surface area contributed by atoms with E-state index in [1.165, 1.54) is 6.07 Å². The topological polar surface area (TPSA) is 90.7 Å². The van der Waals surface area contributed by atoms with Gasteiger partial charge in [-0.3, -0.25) is 10.1 Å². The fourth-order valence-electron chi connectivity index (χ4n) is 1.62. The van der Waals surface area contributed by atoms with Crippen LogP contribution in [-0.2, 0) is 6.42 Å². The number of hydrogen-bond donors (Lipinski definition) is 0. The lowest BCUT2D eigenvalue weighted by Crippen LogP contribution is -2.01. The first-order valence-electron chi connectivity index (χ1n) is 5.09. The molecule has 0 saturated carbocycles. The van der Waals surface area contributed by atoms with Crippen molar-refractivity contribution in [2.45, 2.75) is 26.2 Å². The van der Waals surface area contributed by atoms with E-state index in [0.29, 0.717) is 11.1 Å². The Morgan fingerprint density at radius 1 is 1.41 bits per heavy atom. The summed E-state index contributed by atoms with van der Waals surface area (Å²) in [5, 5.41) is 28.4. The van der Waals surface area contributed by atoms with Gasteiger partial charge in [0.25, 0.3) is 5.69 Å². The molecule has 0 aliphatic heterocycles. The molecule has 0 aliphatic rings. The lowest BCUT2D eigenvalue weighted by Gasteiger charge is -2.09. The van der Waals surface area contributed by atoms with Gasteiger partial charge < -0.3 is 0 Å². The number of nitro groups is 1. The Kier molecular flexibility index (Phi) is 3.79. The van der Waals surface area contributed by atoms with Gasteiger partial charge in [0.05, 0.1) is 29.0 Å². The smallest absolute Gasteiger partial charge is 0.258 e. The Morgan fingerprint density at radius 3 is 2.47 bits per heavy atom. The summed E-state index contributed by atoms with van der Waals surface area (Å²) in [6.45, 7) is 3.80. The van der Waals surface area contributed by atoms with E-state index in [4.69, 9.17) is 10.5 Å². The summed E-state index contributed by atoms with van der Waals surface area (Å²) in [4.78, 5) is 10.3. The number of rotatable bonds is 3. The van der Waals surface area contributed by atoms with Crippen molar-refractivity contribution >= 4 is 5.69 Å². The molecule has 1 aromatic carbocycles. The number of benzene rings is 1. The van der Waals surface area contributed by atoms with E-state index in [-0.39, 0.29) is 18.0 Å². The highest BCUT2D eigenvalue weighted by atomic mass is 16.6. The van der Waals surface area contributed by atoms with Gasteiger partial charge in [0, 0.05) is 11.6 Å². The van der Waals surface area contributed by atoms with Gasteiger partial charge in [-0.15, -0.1) is 0 Å². The summed E-state index contributed by atoms with van der Waals surface area (Å²) < 4.78 is 0. The number of hydrogen-bond acceptors (Lipinski definition) is 4. The SMILES string of the molecule is CC(C)c1cc(CC#N)c([N+](=O)[O-])cc1C#N. The summed E-state index contributed by atoms with van der Waals surface area (Å²) in [7, 11) is 0. The molecule has 0 fully saturated rings. The Labute approximate surface area is 99.1 Å². The van der Waals surface area contributed by atoms with Crippen molar-refractivity contribution in [2.24, 2.45) is 0 Å². The summed E-state index contributed by atoms with van der Waals surface area (Å²) >= 11 is 0. The molecular weight excluding hydrogens is 218 g/mol. The summed E-state index contributed by atoms with van der Waals surface area (Å²) in [6.07, 6.45) is -0.0260. The van der Waals surface area contributed by atoms with E-state index in [9.17, 15) is 10.1 Å². The first-order valence-corrected chi connectivity index (χ1v) is 5.09. The van der Waals surface area contributed by atoms with E-state index in [2.05, 4.69) is 0 Å². The molecule has 0 heterocycles. The van der Waals surface area contributed by atoms with Crippen molar-refractivity contribution in [3.8, 4) is 12.1 Å². The van der Waals surface area contributed by atoms with Crippen LogP contribution in [0.5, 0.6) is 0 Å². The molecule has 0 unspecified atom stereocenters. The summed E-state index contributed by atoms with van der Waals surface area (Å²) in [6, 6.07) is 6.69. The molecule has 0 bridgehead atoms. The highest BCUT2D eigenvalue weighted by molar-refractivity contribution is 5.53. The third kappa shape index (κ3) is 2.59. The second-order valence-corrected chi connectivity index (χ2v) is 3.93. The van der Waals surface area contributed by atoms with Gasteiger partial charge in [0.2, 0.25) is 0 Å². The molecule has 17 heavy (non-hydrogen) atoms. The Morgan fingerprint density at radius 2 is 2.06 bits per heavy atom. The number of nitriles is 2. The zero-order valence-corrected chi connectivity index (χ0v) is 9.60. The van der Waals surface area contributed by atoms with Gasteiger partial charge in [-0.25, -0.2) is 0 Å². The molecule has 0 radical (unpaired) electrons. The van der Waals surface area contributed by atoms with Crippen LogP contribution >= 0.6 is 0 Å². The molecule has 0 amide bonds. The minimum Gasteiger partial charge on any atom is -0.258 e. The van der Waals surface area contributed by atoms with Crippen molar-refractivity contribution < 1.29 is 4.92 Å². The molecule has 1 rings (SSSR count). The monoisotopic (exact) mass is 229 g/mol. The molecule has 5 nitrogen and oxygen atoms in total. The first kappa shape index (κ1) is 12.7. The van der Waals surface area contributed by atoms with E-state index >= 15 is 0 Å². The van der Waals surface area contributed by atoms with Gasteiger partial charge in [-0.1, -0.05) is 13.8 Å². The zero-order chi connectivity index (χ0) is 13.0. The quantitative estimate of drug-likeness (QED) is 0.588. The molecule has 0 saturated heterocycles. The van der Waals surface area contributed by atoms with Crippen molar-refractivity contribution in [2.75, 3.05) is 0 Å².